The van der Waals surface area contributed by atoms with E-state index in [0.717, 1.165) is 60.0 Å². The van der Waals surface area contributed by atoms with E-state index in [-0.39, 0.29) is 5.91 Å². The topological polar surface area (TPSA) is 89.2 Å². The minimum Gasteiger partial charge on any atom is -0.494 e. The van der Waals surface area contributed by atoms with E-state index in [2.05, 4.69) is 31.8 Å². The molecule has 2 aliphatic heterocycles. The zero-order valence-corrected chi connectivity index (χ0v) is 19.0. The summed E-state index contributed by atoms with van der Waals surface area (Å²) in [6.45, 7) is 4.39. The Balaban J connectivity index is 1.30. The van der Waals surface area contributed by atoms with Crippen molar-refractivity contribution in [1.29, 1.82) is 0 Å². The van der Waals surface area contributed by atoms with Crippen LogP contribution in [0.3, 0.4) is 0 Å². The van der Waals surface area contributed by atoms with Gasteiger partial charge in [-0.25, -0.2) is 0 Å². The molecule has 6 rings (SSSR count). The predicted molar refractivity (Wildman–Crippen MR) is 128 cm³/mol. The predicted octanol–water partition coefficient (Wildman–Crippen LogP) is 2.38. The molecule has 170 valence electrons. The number of nitrogens with one attached hydrogen (secondary N) is 2. The number of amides is 1. The van der Waals surface area contributed by atoms with Crippen molar-refractivity contribution >= 4 is 39.1 Å². The Morgan fingerprint density at radius 3 is 2.61 bits per heavy atom. The first-order valence-electron chi connectivity index (χ1n) is 11.2. The monoisotopic (exact) mass is 445 g/mol. The summed E-state index contributed by atoms with van der Waals surface area (Å²) in [7, 11) is 5.35. The Bertz CT molecular complexity index is 1380. The average Bonchev–Trinajstić information content (AvgIpc) is 3.28. The van der Waals surface area contributed by atoms with Crippen LogP contribution in [0, 0.1) is 11.8 Å². The van der Waals surface area contributed by atoms with Crippen LogP contribution in [-0.2, 0) is 14.1 Å². The summed E-state index contributed by atoms with van der Waals surface area (Å²) in [5.74, 6) is 1.90. The van der Waals surface area contributed by atoms with Gasteiger partial charge >= 0.3 is 0 Å². The summed E-state index contributed by atoms with van der Waals surface area (Å²) in [6.07, 6.45) is 3.91. The van der Waals surface area contributed by atoms with Gasteiger partial charge in [-0.15, -0.1) is 0 Å². The number of carbonyl (C=O) groups is 1. The first-order chi connectivity index (χ1) is 16.0. The number of ether oxygens (including phenoxy) is 1. The van der Waals surface area contributed by atoms with E-state index in [4.69, 9.17) is 4.74 Å². The third-order valence-electron chi connectivity index (χ3n) is 6.93. The number of fused-ring (bicyclic) bond motifs is 2. The van der Waals surface area contributed by atoms with Crippen molar-refractivity contribution in [3.63, 3.8) is 0 Å². The molecular weight excluding hydrogens is 418 g/mol. The van der Waals surface area contributed by atoms with Crippen LogP contribution in [0.25, 0.3) is 21.8 Å². The summed E-state index contributed by atoms with van der Waals surface area (Å²) < 4.78 is 9.03. The van der Waals surface area contributed by atoms with Gasteiger partial charge in [0.15, 0.2) is 0 Å². The van der Waals surface area contributed by atoms with Crippen molar-refractivity contribution in [2.45, 2.75) is 0 Å². The lowest BCUT2D eigenvalue weighted by atomic mass is 9.81. The number of benzene rings is 2. The molecule has 0 aliphatic carbocycles. The van der Waals surface area contributed by atoms with Gasteiger partial charge in [-0.1, -0.05) is 0 Å². The summed E-state index contributed by atoms with van der Waals surface area (Å²) in [5, 5.41) is 17.4. The molecule has 4 aromatic rings. The zero-order valence-electron chi connectivity index (χ0n) is 19.0. The zero-order chi connectivity index (χ0) is 22.7. The summed E-state index contributed by atoms with van der Waals surface area (Å²) in [5.41, 5.74) is 3.82. The standard InChI is InChI=1S/C24H27N7O2/c1-29-10-14-6-20(22(33-3)7-19(14)27-29)26-24(32)17-4-5-21(18-13-30(2)28-23(17)18)31-11-16(12-31)15-8-25-9-15/h4-7,10,13,15-16,25H,8-9,11-12H2,1-3H3,(H,26,32). The Hall–Kier alpha value is -3.59. The van der Waals surface area contributed by atoms with Crippen LogP contribution in [0.5, 0.6) is 5.75 Å². The molecule has 33 heavy (non-hydrogen) atoms. The lowest BCUT2D eigenvalue weighted by molar-refractivity contribution is 0.102. The lowest BCUT2D eigenvalue weighted by Crippen LogP contribution is -2.58. The van der Waals surface area contributed by atoms with Gasteiger partial charge in [0.05, 0.1) is 23.9 Å². The number of aromatic nitrogens is 4. The van der Waals surface area contributed by atoms with Crippen LogP contribution in [-0.4, -0.2) is 58.8 Å². The molecule has 2 aliphatic rings. The maximum Gasteiger partial charge on any atom is 0.258 e. The smallest absolute Gasteiger partial charge is 0.258 e. The van der Waals surface area contributed by atoms with E-state index >= 15 is 0 Å². The quantitative estimate of drug-likeness (QED) is 0.490. The molecule has 2 aromatic carbocycles. The van der Waals surface area contributed by atoms with Crippen LogP contribution >= 0.6 is 0 Å². The number of anilines is 2. The maximum atomic E-state index is 13.3. The van der Waals surface area contributed by atoms with Gasteiger partial charge in [0, 0.05) is 62.1 Å². The average molecular weight is 446 g/mol. The molecular formula is C24H27N7O2. The fourth-order valence-corrected chi connectivity index (χ4v) is 4.95. The van der Waals surface area contributed by atoms with E-state index in [1.807, 2.05) is 44.7 Å². The Morgan fingerprint density at radius 1 is 1.09 bits per heavy atom. The normalized spacial score (nSPS) is 16.8. The van der Waals surface area contributed by atoms with Crippen molar-refractivity contribution < 1.29 is 9.53 Å². The van der Waals surface area contributed by atoms with Crippen molar-refractivity contribution in [3.05, 3.63) is 42.2 Å². The van der Waals surface area contributed by atoms with Gasteiger partial charge < -0.3 is 20.3 Å². The SMILES string of the molecule is COc1cc2nn(C)cc2cc1NC(=O)c1ccc(N2CC(C3CNC3)C2)c2cn(C)nc12. The van der Waals surface area contributed by atoms with Crippen molar-refractivity contribution in [1.82, 2.24) is 24.9 Å². The highest BCUT2D eigenvalue weighted by atomic mass is 16.5. The molecule has 2 aromatic heterocycles. The van der Waals surface area contributed by atoms with Crippen molar-refractivity contribution in [2.75, 3.05) is 43.5 Å². The van der Waals surface area contributed by atoms with Gasteiger partial charge in [0.2, 0.25) is 0 Å². The number of methoxy groups -OCH3 is 1. The minimum atomic E-state index is -0.214. The Kier molecular flexibility index (Phi) is 4.55. The fourth-order valence-electron chi connectivity index (χ4n) is 4.95. The molecule has 2 saturated heterocycles. The van der Waals surface area contributed by atoms with E-state index in [0.29, 0.717) is 22.5 Å². The first-order valence-corrected chi connectivity index (χ1v) is 11.2. The Labute approximate surface area is 191 Å². The number of aryl methyl sites for hydroxylation is 2. The third-order valence-corrected chi connectivity index (χ3v) is 6.93. The molecule has 0 saturated carbocycles. The molecule has 2 fully saturated rings. The second kappa shape index (κ2) is 7.48. The third kappa shape index (κ3) is 3.31. The second-order valence-electron chi connectivity index (χ2n) is 9.15. The van der Waals surface area contributed by atoms with Crippen LogP contribution in [0.1, 0.15) is 10.4 Å². The highest BCUT2D eigenvalue weighted by molar-refractivity contribution is 6.14. The van der Waals surface area contributed by atoms with E-state index < -0.39 is 0 Å². The summed E-state index contributed by atoms with van der Waals surface area (Å²) >= 11 is 0. The molecule has 9 heteroatoms. The van der Waals surface area contributed by atoms with E-state index in [1.165, 1.54) is 0 Å². The van der Waals surface area contributed by atoms with Crippen LogP contribution in [0.2, 0.25) is 0 Å². The molecule has 0 atom stereocenters. The van der Waals surface area contributed by atoms with Gasteiger partial charge in [-0.05, 0) is 43.1 Å². The van der Waals surface area contributed by atoms with E-state index in [9.17, 15) is 4.79 Å². The molecule has 2 N–H and O–H groups in total. The number of rotatable bonds is 5. The fraction of sp³-hybridized carbons (Fsp3) is 0.375. The Morgan fingerprint density at radius 2 is 1.88 bits per heavy atom. The van der Waals surface area contributed by atoms with E-state index in [1.54, 1.807) is 16.5 Å². The van der Waals surface area contributed by atoms with Gasteiger partial charge in [-0.2, -0.15) is 10.2 Å². The number of hydrogen-bond donors (Lipinski definition) is 2. The number of hydrogen-bond acceptors (Lipinski definition) is 6. The summed E-state index contributed by atoms with van der Waals surface area (Å²) in [6, 6.07) is 7.66. The maximum absolute atomic E-state index is 13.3. The second-order valence-corrected chi connectivity index (χ2v) is 9.15. The van der Waals surface area contributed by atoms with Crippen LogP contribution in [0.4, 0.5) is 11.4 Å². The molecule has 0 unspecified atom stereocenters. The van der Waals surface area contributed by atoms with Gasteiger partial charge in [-0.3, -0.25) is 14.2 Å². The lowest BCUT2D eigenvalue weighted by Gasteiger charge is -2.48. The number of carbonyl (C=O) groups excluding carboxylic acids is 1. The molecule has 0 radical (unpaired) electrons. The molecule has 1 amide bonds. The molecule has 0 bridgehead atoms. The summed E-state index contributed by atoms with van der Waals surface area (Å²) in [4.78, 5) is 15.7. The first kappa shape index (κ1) is 20.0. The van der Waals surface area contributed by atoms with Crippen molar-refractivity contribution in [3.8, 4) is 5.75 Å². The van der Waals surface area contributed by atoms with Gasteiger partial charge in [0.1, 0.15) is 11.3 Å². The highest BCUT2D eigenvalue weighted by Gasteiger charge is 2.37. The highest BCUT2D eigenvalue weighted by Crippen LogP contribution is 2.37. The number of nitrogens with zero attached hydrogens (tertiary/aromatic N) is 5. The largest absolute Gasteiger partial charge is 0.494 e. The minimum absolute atomic E-state index is 0.214. The molecule has 4 heterocycles. The van der Waals surface area contributed by atoms with Gasteiger partial charge in [0.25, 0.3) is 5.91 Å². The van der Waals surface area contributed by atoms with Crippen molar-refractivity contribution in [2.24, 2.45) is 25.9 Å². The molecule has 9 nitrogen and oxygen atoms in total. The van der Waals surface area contributed by atoms with Crippen LogP contribution in [0.15, 0.2) is 36.7 Å². The van der Waals surface area contributed by atoms with Crippen LogP contribution < -0.4 is 20.3 Å². The molecule has 0 spiro atoms.